The van der Waals surface area contributed by atoms with Crippen LogP contribution in [0, 0.1) is 13.8 Å². The molecular weight excluding hydrogens is 380 g/mol. The molecule has 1 fully saturated rings. The Kier molecular flexibility index (Phi) is 5.62. The maximum atomic E-state index is 13.1. The molecule has 1 aliphatic heterocycles. The number of carbonyl (C=O) groups is 1. The van der Waals surface area contributed by atoms with Crippen molar-refractivity contribution in [3.05, 3.63) is 53.1 Å². The van der Waals surface area contributed by atoms with Crippen LogP contribution in [0.5, 0.6) is 11.5 Å². The van der Waals surface area contributed by atoms with Gasteiger partial charge in [0.1, 0.15) is 16.4 Å². The van der Waals surface area contributed by atoms with Crippen molar-refractivity contribution in [2.75, 3.05) is 33.3 Å². The van der Waals surface area contributed by atoms with Gasteiger partial charge >= 0.3 is 0 Å². The summed E-state index contributed by atoms with van der Waals surface area (Å²) in [4.78, 5) is 14.3. The quantitative estimate of drug-likeness (QED) is 0.844. The number of aryl methyl sites for hydroxylation is 2. The molecule has 0 aliphatic carbocycles. The minimum atomic E-state index is -3.74. The first-order valence-corrected chi connectivity index (χ1v) is 10.4. The molecule has 1 saturated heterocycles. The summed E-state index contributed by atoms with van der Waals surface area (Å²) in [5, 5.41) is 9.88. The summed E-state index contributed by atoms with van der Waals surface area (Å²) in [6.07, 6.45) is 0. The van der Waals surface area contributed by atoms with Crippen molar-refractivity contribution < 1.29 is 23.1 Å². The Labute approximate surface area is 165 Å². The molecule has 2 aromatic rings. The molecule has 0 aromatic heterocycles. The van der Waals surface area contributed by atoms with E-state index in [1.54, 1.807) is 35.2 Å². The van der Waals surface area contributed by atoms with E-state index in [0.29, 0.717) is 5.75 Å². The number of hydrogen-bond acceptors (Lipinski definition) is 5. The molecule has 1 aliphatic rings. The standard InChI is InChI=1S/C20H24N2O5S/c1-14-12-18(27-3)19(13-15(14)2)28(25,26)22-10-8-21(9-11-22)20(24)16-6-4-5-7-17(16)23/h4-7,12-13,23H,8-11H2,1-3H3. The minimum Gasteiger partial charge on any atom is -0.507 e. The fraction of sp³-hybridized carbons (Fsp3) is 0.350. The fourth-order valence-electron chi connectivity index (χ4n) is 3.22. The Morgan fingerprint density at radius 1 is 1.04 bits per heavy atom. The highest BCUT2D eigenvalue weighted by Crippen LogP contribution is 2.30. The Bertz CT molecular complexity index is 996. The zero-order valence-corrected chi connectivity index (χ0v) is 17.0. The van der Waals surface area contributed by atoms with Crippen LogP contribution in [-0.4, -0.2) is 61.9 Å². The Hall–Kier alpha value is -2.58. The van der Waals surface area contributed by atoms with E-state index >= 15 is 0 Å². The predicted molar refractivity (Wildman–Crippen MR) is 105 cm³/mol. The van der Waals surface area contributed by atoms with E-state index in [-0.39, 0.29) is 48.3 Å². The molecule has 28 heavy (non-hydrogen) atoms. The Morgan fingerprint density at radius 3 is 2.25 bits per heavy atom. The van der Waals surface area contributed by atoms with E-state index < -0.39 is 10.0 Å². The molecule has 1 heterocycles. The third kappa shape index (κ3) is 3.70. The number of hydrogen-bond donors (Lipinski definition) is 1. The van der Waals surface area contributed by atoms with Gasteiger partial charge < -0.3 is 14.7 Å². The van der Waals surface area contributed by atoms with Gasteiger partial charge in [-0.1, -0.05) is 12.1 Å². The van der Waals surface area contributed by atoms with Crippen LogP contribution in [0.3, 0.4) is 0 Å². The molecule has 7 nitrogen and oxygen atoms in total. The van der Waals surface area contributed by atoms with Crippen molar-refractivity contribution in [3.63, 3.8) is 0 Å². The summed E-state index contributed by atoms with van der Waals surface area (Å²) in [6.45, 7) is 4.61. The van der Waals surface area contributed by atoms with Crippen molar-refractivity contribution in [2.24, 2.45) is 0 Å². The minimum absolute atomic E-state index is 0.0811. The van der Waals surface area contributed by atoms with Crippen LogP contribution in [0.15, 0.2) is 41.3 Å². The lowest BCUT2D eigenvalue weighted by molar-refractivity contribution is 0.0694. The summed E-state index contributed by atoms with van der Waals surface area (Å²) in [5.74, 6) is -0.0721. The summed E-state index contributed by atoms with van der Waals surface area (Å²) in [7, 11) is -2.29. The normalized spacial score (nSPS) is 15.5. The Balaban J connectivity index is 1.79. The molecule has 1 amide bonds. The van der Waals surface area contributed by atoms with Crippen molar-refractivity contribution in [2.45, 2.75) is 18.7 Å². The van der Waals surface area contributed by atoms with Crippen LogP contribution < -0.4 is 4.74 Å². The molecule has 3 rings (SSSR count). The van der Waals surface area contributed by atoms with Gasteiger partial charge in [-0.05, 0) is 49.2 Å². The number of benzene rings is 2. The largest absolute Gasteiger partial charge is 0.507 e. The first kappa shape index (κ1) is 20.2. The summed E-state index contributed by atoms with van der Waals surface area (Å²) < 4.78 is 32.9. The highest BCUT2D eigenvalue weighted by molar-refractivity contribution is 7.89. The van der Waals surface area contributed by atoms with Gasteiger partial charge in [0.2, 0.25) is 10.0 Å². The molecule has 8 heteroatoms. The molecule has 2 aromatic carbocycles. The number of nitrogens with zero attached hydrogens (tertiary/aromatic N) is 2. The second kappa shape index (κ2) is 7.81. The van der Waals surface area contributed by atoms with Gasteiger partial charge in [0.05, 0.1) is 12.7 Å². The number of ether oxygens (including phenoxy) is 1. The molecule has 0 spiro atoms. The number of amides is 1. The summed E-state index contributed by atoms with van der Waals surface area (Å²) in [5.41, 5.74) is 2.04. The number of methoxy groups -OCH3 is 1. The number of phenols is 1. The first-order valence-electron chi connectivity index (χ1n) is 8.98. The van der Waals surface area contributed by atoms with Crippen molar-refractivity contribution in [3.8, 4) is 11.5 Å². The highest BCUT2D eigenvalue weighted by Gasteiger charge is 2.33. The third-order valence-electron chi connectivity index (χ3n) is 5.06. The monoisotopic (exact) mass is 404 g/mol. The van der Waals surface area contributed by atoms with Gasteiger partial charge in [-0.25, -0.2) is 8.42 Å². The molecule has 0 bridgehead atoms. The molecule has 0 radical (unpaired) electrons. The van der Waals surface area contributed by atoms with Crippen LogP contribution >= 0.6 is 0 Å². The average Bonchev–Trinajstić information content (AvgIpc) is 2.69. The zero-order chi connectivity index (χ0) is 20.5. The molecule has 0 saturated carbocycles. The predicted octanol–water partition coefficient (Wildman–Crippen LogP) is 2.16. The first-order chi connectivity index (χ1) is 13.3. The topological polar surface area (TPSA) is 87.2 Å². The maximum Gasteiger partial charge on any atom is 0.257 e. The smallest absolute Gasteiger partial charge is 0.257 e. The van der Waals surface area contributed by atoms with Gasteiger partial charge in [-0.15, -0.1) is 0 Å². The van der Waals surface area contributed by atoms with Gasteiger partial charge in [-0.3, -0.25) is 4.79 Å². The molecule has 1 N–H and O–H groups in total. The number of aromatic hydroxyl groups is 1. The maximum absolute atomic E-state index is 13.1. The van der Waals surface area contributed by atoms with E-state index in [2.05, 4.69) is 0 Å². The number of rotatable bonds is 4. The van der Waals surface area contributed by atoms with E-state index in [9.17, 15) is 18.3 Å². The van der Waals surface area contributed by atoms with E-state index in [0.717, 1.165) is 11.1 Å². The van der Waals surface area contributed by atoms with Crippen LogP contribution in [0.4, 0.5) is 0 Å². The lowest BCUT2D eigenvalue weighted by Gasteiger charge is -2.34. The average molecular weight is 404 g/mol. The van der Waals surface area contributed by atoms with Gasteiger partial charge in [0.25, 0.3) is 5.91 Å². The molecular formula is C20H24N2O5S. The second-order valence-electron chi connectivity index (χ2n) is 6.80. The summed E-state index contributed by atoms with van der Waals surface area (Å²) >= 11 is 0. The van der Waals surface area contributed by atoms with Crippen molar-refractivity contribution in [1.82, 2.24) is 9.21 Å². The third-order valence-corrected chi connectivity index (χ3v) is 6.98. The second-order valence-corrected chi connectivity index (χ2v) is 8.71. The number of piperazine rings is 1. The van der Waals surface area contributed by atoms with Crippen molar-refractivity contribution in [1.29, 1.82) is 0 Å². The fourth-order valence-corrected chi connectivity index (χ4v) is 4.86. The van der Waals surface area contributed by atoms with Crippen LogP contribution in [0.25, 0.3) is 0 Å². The lowest BCUT2D eigenvalue weighted by Crippen LogP contribution is -2.50. The van der Waals surface area contributed by atoms with Crippen LogP contribution in [-0.2, 0) is 10.0 Å². The van der Waals surface area contributed by atoms with Gasteiger partial charge in [0.15, 0.2) is 0 Å². The summed E-state index contributed by atoms with van der Waals surface area (Å²) in [6, 6.07) is 9.69. The van der Waals surface area contributed by atoms with Crippen molar-refractivity contribution >= 4 is 15.9 Å². The number of phenolic OH excluding ortho intramolecular Hbond substituents is 1. The van der Waals surface area contributed by atoms with Gasteiger partial charge in [-0.2, -0.15) is 4.31 Å². The highest BCUT2D eigenvalue weighted by atomic mass is 32.2. The van der Waals surface area contributed by atoms with E-state index in [4.69, 9.17) is 4.74 Å². The molecule has 0 atom stereocenters. The van der Waals surface area contributed by atoms with Crippen LogP contribution in [0.1, 0.15) is 21.5 Å². The van der Waals surface area contributed by atoms with Gasteiger partial charge in [0, 0.05) is 26.2 Å². The van der Waals surface area contributed by atoms with E-state index in [1.807, 2.05) is 13.8 Å². The zero-order valence-electron chi connectivity index (χ0n) is 16.2. The SMILES string of the molecule is COc1cc(C)c(C)cc1S(=O)(=O)N1CCN(C(=O)c2ccccc2O)CC1. The number of carbonyl (C=O) groups excluding carboxylic acids is 1. The number of para-hydroxylation sites is 1. The Morgan fingerprint density at radius 2 is 1.64 bits per heavy atom. The van der Waals surface area contributed by atoms with E-state index in [1.165, 1.54) is 17.5 Å². The number of sulfonamides is 1. The molecule has 0 unspecified atom stereocenters. The molecule has 150 valence electrons. The lowest BCUT2D eigenvalue weighted by atomic mass is 10.1. The van der Waals surface area contributed by atoms with Crippen LogP contribution in [0.2, 0.25) is 0 Å².